The molecule has 0 aromatic carbocycles. The SMILES string of the molecule is C=C/C=C\N=C(N)c1cncs1. The van der Waals surface area contributed by atoms with Gasteiger partial charge in [0.1, 0.15) is 5.84 Å². The minimum Gasteiger partial charge on any atom is -0.382 e. The van der Waals surface area contributed by atoms with Crippen LogP contribution < -0.4 is 5.73 Å². The van der Waals surface area contributed by atoms with Crippen LogP contribution in [0, 0.1) is 0 Å². The second-order valence-electron chi connectivity index (χ2n) is 1.96. The van der Waals surface area contributed by atoms with Gasteiger partial charge in [-0.25, -0.2) is 4.99 Å². The van der Waals surface area contributed by atoms with Crippen molar-refractivity contribution in [1.82, 2.24) is 4.98 Å². The molecule has 0 aliphatic rings. The van der Waals surface area contributed by atoms with E-state index in [1.807, 2.05) is 0 Å². The van der Waals surface area contributed by atoms with Crippen LogP contribution in [0.1, 0.15) is 4.88 Å². The van der Waals surface area contributed by atoms with E-state index in [0.29, 0.717) is 5.84 Å². The largest absolute Gasteiger partial charge is 0.382 e. The maximum atomic E-state index is 5.62. The molecule has 0 bridgehead atoms. The zero-order valence-corrected chi connectivity index (χ0v) is 7.29. The Morgan fingerprint density at radius 1 is 1.75 bits per heavy atom. The second kappa shape index (κ2) is 4.46. The zero-order chi connectivity index (χ0) is 8.81. The van der Waals surface area contributed by atoms with Gasteiger partial charge in [0, 0.05) is 12.4 Å². The third-order valence-corrected chi connectivity index (χ3v) is 1.92. The molecule has 0 saturated heterocycles. The monoisotopic (exact) mass is 179 g/mol. The van der Waals surface area contributed by atoms with Crippen molar-refractivity contribution in [3.63, 3.8) is 0 Å². The van der Waals surface area contributed by atoms with Gasteiger partial charge in [-0.1, -0.05) is 12.7 Å². The van der Waals surface area contributed by atoms with E-state index in [-0.39, 0.29) is 0 Å². The lowest BCUT2D eigenvalue weighted by Gasteiger charge is -1.89. The summed E-state index contributed by atoms with van der Waals surface area (Å²) in [4.78, 5) is 8.73. The Kier molecular flexibility index (Phi) is 3.22. The summed E-state index contributed by atoms with van der Waals surface area (Å²) in [5.41, 5.74) is 7.33. The molecule has 1 rings (SSSR count). The predicted octanol–water partition coefficient (Wildman–Crippen LogP) is 1.55. The van der Waals surface area contributed by atoms with E-state index in [1.54, 1.807) is 30.1 Å². The van der Waals surface area contributed by atoms with Gasteiger partial charge in [-0.15, -0.1) is 11.3 Å². The number of allylic oxidation sites excluding steroid dienone is 2. The van der Waals surface area contributed by atoms with E-state index in [9.17, 15) is 0 Å². The minimum absolute atomic E-state index is 0.482. The third-order valence-electron chi connectivity index (χ3n) is 1.12. The lowest BCUT2D eigenvalue weighted by Crippen LogP contribution is -2.10. The molecule has 0 fully saturated rings. The van der Waals surface area contributed by atoms with Gasteiger partial charge in [0.15, 0.2) is 0 Å². The molecular formula is C8H9N3S. The summed E-state index contributed by atoms with van der Waals surface area (Å²) in [7, 11) is 0. The van der Waals surface area contributed by atoms with Crippen LogP contribution in [0.25, 0.3) is 0 Å². The summed E-state index contributed by atoms with van der Waals surface area (Å²) in [6.07, 6.45) is 6.64. The summed E-state index contributed by atoms with van der Waals surface area (Å²) >= 11 is 1.46. The fourth-order valence-electron chi connectivity index (χ4n) is 0.590. The van der Waals surface area contributed by atoms with Crippen LogP contribution in [0.4, 0.5) is 0 Å². The molecule has 62 valence electrons. The lowest BCUT2D eigenvalue weighted by atomic mass is 10.5. The van der Waals surface area contributed by atoms with Gasteiger partial charge in [-0.3, -0.25) is 4.98 Å². The Labute approximate surface area is 75.0 Å². The van der Waals surface area contributed by atoms with Gasteiger partial charge in [0.2, 0.25) is 0 Å². The zero-order valence-electron chi connectivity index (χ0n) is 6.47. The molecule has 2 N–H and O–H groups in total. The quantitative estimate of drug-likeness (QED) is 0.435. The lowest BCUT2D eigenvalue weighted by molar-refractivity contribution is 1.40. The average molecular weight is 179 g/mol. The second-order valence-corrected chi connectivity index (χ2v) is 2.84. The highest BCUT2D eigenvalue weighted by Crippen LogP contribution is 2.04. The van der Waals surface area contributed by atoms with E-state index in [2.05, 4.69) is 16.6 Å². The molecule has 3 nitrogen and oxygen atoms in total. The summed E-state index contributed by atoms with van der Waals surface area (Å²) in [5, 5.41) is 0. The highest BCUT2D eigenvalue weighted by atomic mass is 32.1. The topological polar surface area (TPSA) is 51.3 Å². The molecule has 1 heterocycles. The van der Waals surface area contributed by atoms with Gasteiger partial charge in [-0.05, 0) is 6.08 Å². The Balaban J connectivity index is 2.71. The van der Waals surface area contributed by atoms with Crippen molar-refractivity contribution < 1.29 is 0 Å². The highest BCUT2D eigenvalue weighted by molar-refractivity contribution is 7.11. The van der Waals surface area contributed by atoms with Crippen molar-refractivity contribution in [3.8, 4) is 0 Å². The Bertz CT molecular complexity index is 298. The number of nitrogens with two attached hydrogens (primary N) is 1. The van der Waals surface area contributed by atoms with Gasteiger partial charge >= 0.3 is 0 Å². The van der Waals surface area contributed by atoms with Crippen molar-refractivity contribution in [2.24, 2.45) is 10.7 Å². The first-order chi connectivity index (χ1) is 5.84. The van der Waals surface area contributed by atoms with Crippen molar-refractivity contribution in [2.45, 2.75) is 0 Å². The van der Waals surface area contributed by atoms with E-state index in [1.165, 1.54) is 11.3 Å². The molecule has 0 radical (unpaired) electrons. The smallest absolute Gasteiger partial charge is 0.142 e. The molecule has 0 saturated carbocycles. The summed E-state index contributed by atoms with van der Waals surface area (Å²) in [5.74, 6) is 0.482. The fourth-order valence-corrected chi connectivity index (χ4v) is 1.12. The predicted molar refractivity (Wildman–Crippen MR) is 52.2 cm³/mol. The van der Waals surface area contributed by atoms with Crippen LogP contribution in [-0.4, -0.2) is 10.8 Å². The van der Waals surface area contributed by atoms with Crippen LogP contribution in [0.3, 0.4) is 0 Å². The van der Waals surface area contributed by atoms with Crippen molar-refractivity contribution in [1.29, 1.82) is 0 Å². The standard InChI is InChI=1S/C8H9N3S/c1-2-3-4-11-8(9)7-5-10-6-12-7/h2-6H,1H2,(H2,9,11)/b4-3-. The molecule has 0 amide bonds. The highest BCUT2D eigenvalue weighted by Gasteiger charge is 1.96. The molecule has 0 aliphatic carbocycles. The number of nitrogens with zero attached hydrogens (tertiary/aromatic N) is 2. The maximum Gasteiger partial charge on any atom is 0.142 e. The third kappa shape index (κ3) is 2.32. The maximum absolute atomic E-state index is 5.62. The van der Waals surface area contributed by atoms with E-state index < -0.39 is 0 Å². The van der Waals surface area contributed by atoms with Gasteiger partial charge in [0.05, 0.1) is 10.4 Å². The number of hydrogen-bond acceptors (Lipinski definition) is 3. The fraction of sp³-hybridized carbons (Fsp3) is 0. The molecule has 0 unspecified atom stereocenters. The van der Waals surface area contributed by atoms with Crippen molar-refractivity contribution in [3.05, 3.63) is 41.5 Å². The first-order valence-corrected chi connectivity index (χ1v) is 4.22. The van der Waals surface area contributed by atoms with Crippen LogP contribution in [0.2, 0.25) is 0 Å². The number of aliphatic imine (C=N–C) groups is 1. The van der Waals surface area contributed by atoms with Crippen molar-refractivity contribution >= 4 is 17.2 Å². The molecule has 0 spiro atoms. The molecule has 0 aliphatic heterocycles. The van der Waals surface area contributed by atoms with Crippen molar-refractivity contribution in [2.75, 3.05) is 0 Å². The first-order valence-electron chi connectivity index (χ1n) is 3.34. The van der Waals surface area contributed by atoms with E-state index in [0.717, 1.165) is 4.88 Å². The van der Waals surface area contributed by atoms with E-state index >= 15 is 0 Å². The molecule has 4 heteroatoms. The number of aromatic nitrogens is 1. The molecular weight excluding hydrogens is 170 g/mol. The van der Waals surface area contributed by atoms with Gasteiger partial charge in [-0.2, -0.15) is 0 Å². The molecule has 0 atom stereocenters. The van der Waals surface area contributed by atoms with Gasteiger partial charge in [0.25, 0.3) is 0 Å². The van der Waals surface area contributed by atoms with Crippen LogP contribution >= 0.6 is 11.3 Å². The molecule has 1 aromatic heterocycles. The number of amidine groups is 1. The summed E-state index contributed by atoms with van der Waals surface area (Å²) in [6, 6.07) is 0. The van der Waals surface area contributed by atoms with Gasteiger partial charge < -0.3 is 5.73 Å². The Morgan fingerprint density at radius 2 is 2.58 bits per heavy atom. The van der Waals surface area contributed by atoms with E-state index in [4.69, 9.17) is 5.73 Å². The summed E-state index contributed by atoms with van der Waals surface area (Å²) in [6.45, 7) is 3.51. The molecule has 1 aromatic rings. The first kappa shape index (κ1) is 8.67. The van der Waals surface area contributed by atoms with Crippen LogP contribution in [0.15, 0.2) is 41.6 Å². The Morgan fingerprint density at radius 3 is 3.17 bits per heavy atom. The average Bonchev–Trinajstić information content (AvgIpc) is 2.56. The van der Waals surface area contributed by atoms with Crippen LogP contribution in [-0.2, 0) is 0 Å². The molecule has 12 heavy (non-hydrogen) atoms. The Hall–Kier alpha value is -1.42. The van der Waals surface area contributed by atoms with Crippen LogP contribution in [0.5, 0.6) is 0 Å². The number of hydrogen-bond donors (Lipinski definition) is 1. The number of thiazole rings is 1. The minimum atomic E-state index is 0.482. The summed E-state index contributed by atoms with van der Waals surface area (Å²) < 4.78 is 0. The normalized spacial score (nSPS) is 12.2. The number of rotatable bonds is 3.